The van der Waals surface area contributed by atoms with Crippen molar-refractivity contribution in [3.05, 3.63) is 48.0 Å². The molecule has 0 saturated heterocycles. The molecule has 0 fully saturated rings. The number of carbonyl (C=O) groups excluding carboxylic acids is 1. The van der Waals surface area contributed by atoms with E-state index in [-0.39, 0.29) is 4.90 Å². The van der Waals surface area contributed by atoms with Crippen molar-refractivity contribution in [3.63, 3.8) is 0 Å². The number of nitrogens with one attached hydrogen (secondary N) is 1. The van der Waals surface area contributed by atoms with Crippen molar-refractivity contribution in [2.75, 3.05) is 26.6 Å². The van der Waals surface area contributed by atoms with E-state index in [1.807, 2.05) is 0 Å². The predicted molar refractivity (Wildman–Crippen MR) is 102 cm³/mol. The summed E-state index contributed by atoms with van der Waals surface area (Å²) in [6.07, 6.45) is 2.83. The second kappa shape index (κ2) is 8.56. The van der Waals surface area contributed by atoms with Gasteiger partial charge in [0.1, 0.15) is 5.75 Å². The van der Waals surface area contributed by atoms with Crippen LogP contribution in [0.4, 0.5) is 5.69 Å². The number of nitrogens with two attached hydrogens (primary N) is 1. The summed E-state index contributed by atoms with van der Waals surface area (Å²) in [6.45, 7) is 0. The van der Waals surface area contributed by atoms with Crippen LogP contribution in [0.5, 0.6) is 17.2 Å². The largest absolute Gasteiger partial charge is 0.496 e. The molecule has 0 aliphatic rings. The van der Waals surface area contributed by atoms with Crippen molar-refractivity contribution in [2.24, 2.45) is 5.14 Å². The second-order valence-corrected chi connectivity index (χ2v) is 6.91. The minimum Gasteiger partial charge on any atom is -0.496 e. The van der Waals surface area contributed by atoms with E-state index < -0.39 is 15.9 Å². The number of anilines is 1. The number of primary sulfonamides is 1. The summed E-state index contributed by atoms with van der Waals surface area (Å²) in [6, 6.07) is 8.97. The molecule has 0 aliphatic carbocycles. The lowest BCUT2D eigenvalue weighted by Crippen LogP contribution is -2.13. The van der Waals surface area contributed by atoms with Gasteiger partial charge in [-0.25, -0.2) is 13.6 Å². The van der Waals surface area contributed by atoms with Gasteiger partial charge in [0.25, 0.3) is 0 Å². The van der Waals surface area contributed by atoms with Gasteiger partial charge in [-0.05, 0) is 30.3 Å². The lowest BCUT2D eigenvalue weighted by molar-refractivity contribution is -0.111. The number of rotatable bonds is 7. The zero-order valence-electron chi connectivity index (χ0n) is 15.1. The smallest absolute Gasteiger partial charge is 0.248 e. The molecular formula is C18H20N2O6S. The van der Waals surface area contributed by atoms with Crippen LogP contribution in [0.3, 0.4) is 0 Å². The molecule has 2 aromatic carbocycles. The molecule has 0 bridgehead atoms. The highest BCUT2D eigenvalue weighted by Gasteiger charge is 2.11. The molecule has 0 aromatic heterocycles. The van der Waals surface area contributed by atoms with Gasteiger partial charge in [0.15, 0.2) is 11.5 Å². The Morgan fingerprint density at radius 2 is 1.63 bits per heavy atom. The van der Waals surface area contributed by atoms with E-state index in [0.29, 0.717) is 28.5 Å². The first-order valence-corrected chi connectivity index (χ1v) is 9.25. The Morgan fingerprint density at radius 1 is 1.00 bits per heavy atom. The number of sulfonamides is 1. The van der Waals surface area contributed by atoms with Gasteiger partial charge in [-0.15, -0.1) is 0 Å². The van der Waals surface area contributed by atoms with Crippen LogP contribution in [-0.2, 0) is 14.8 Å². The molecule has 0 heterocycles. The van der Waals surface area contributed by atoms with Gasteiger partial charge in [0, 0.05) is 23.4 Å². The number of ether oxygens (including phenoxy) is 3. The van der Waals surface area contributed by atoms with Crippen LogP contribution in [0, 0.1) is 0 Å². The molecule has 0 saturated carbocycles. The SMILES string of the molecule is COc1cc(OC)c(OC)cc1/C=C/C(=O)Nc1cccc(S(N)(=O)=O)c1. The van der Waals surface area contributed by atoms with Crippen molar-refractivity contribution < 1.29 is 27.4 Å². The van der Waals surface area contributed by atoms with E-state index in [1.54, 1.807) is 24.3 Å². The quantitative estimate of drug-likeness (QED) is 0.696. The molecule has 9 heteroatoms. The number of hydrogen-bond acceptors (Lipinski definition) is 6. The molecule has 8 nitrogen and oxygen atoms in total. The van der Waals surface area contributed by atoms with Crippen LogP contribution in [0.25, 0.3) is 6.08 Å². The second-order valence-electron chi connectivity index (χ2n) is 5.34. The van der Waals surface area contributed by atoms with Crippen molar-refractivity contribution in [1.82, 2.24) is 0 Å². The molecule has 0 spiro atoms. The van der Waals surface area contributed by atoms with E-state index in [1.165, 1.54) is 45.6 Å². The van der Waals surface area contributed by atoms with E-state index in [2.05, 4.69) is 5.32 Å². The maximum Gasteiger partial charge on any atom is 0.248 e. The average Bonchev–Trinajstić information content (AvgIpc) is 2.65. The lowest BCUT2D eigenvalue weighted by Gasteiger charge is -2.12. The van der Waals surface area contributed by atoms with E-state index in [9.17, 15) is 13.2 Å². The van der Waals surface area contributed by atoms with E-state index in [0.717, 1.165) is 0 Å². The molecule has 1 amide bonds. The van der Waals surface area contributed by atoms with E-state index in [4.69, 9.17) is 19.3 Å². The Kier molecular flexibility index (Phi) is 6.43. The van der Waals surface area contributed by atoms with Gasteiger partial charge < -0.3 is 19.5 Å². The number of methoxy groups -OCH3 is 3. The van der Waals surface area contributed by atoms with Gasteiger partial charge in [0.05, 0.1) is 26.2 Å². The number of hydrogen-bond donors (Lipinski definition) is 2. The van der Waals surface area contributed by atoms with Crippen LogP contribution in [0.15, 0.2) is 47.4 Å². The highest BCUT2D eigenvalue weighted by Crippen LogP contribution is 2.35. The fourth-order valence-corrected chi connectivity index (χ4v) is 2.84. The van der Waals surface area contributed by atoms with Crippen molar-refractivity contribution in [1.29, 1.82) is 0 Å². The first-order valence-electron chi connectivity index (χ1n) is 7.70. The molecule has 0 radical (unpaired) electrons. The molecule has 2 rings (SSSR count). The van der Waals surface area contributed by atoms with Crippen molar-refractivity contribution in [2.45, 2.75) is 4.90 Å². The van der Waals surface area contributed by atoms with Gasteiger partial charge in [-0.3, -0.25) is 4.79 Å². The van der Waals surface area contributed by atoms with Gasteiger partial charge in [-0.1, -0.05) is 6.07 Å². The van der Waals surface area contributed by atoms with Crippen LogP contribution in [0.1, 0.15) is 5.56 Å². The number of carbonyl (C=O) groups is 1. The van der Waals surface area contributed by atoms with Gasteiger partial charge in [-0.2, -0.15) is 0 Å². The van der Waals surface area contributed by atoms with Gasteiger partial charge >= 0.3 is 0 Å². The molecule has 0 unspecified atom stereocenters. The summed E-state index contributed by atoms with van der Waals surface area (Å²) in [5, 5.41) is 7.65. The molecule has 144 valence electrons. The van der Waals surface area contributed by atoms with Crippen molar-refractivity contribution >= 4 is 27.7 Å². The average molecular weight is 392 g/mol. The molecule has 2 aromatic rings. The zero-order chi connectivity index (χ0) is 20.0. The molecule has 27 heavy (non-hydrogen) atoms. The van der Waals surface area contributed by atoms with Crippen molar-refractivity contribution in [3.8, 4) is 17.2 Å². The lowest BCUT2D eigenvalue weighted by atomic mass is 10.1. The zero-order valence-corrected chi connectivity index (χ0v) is 15.9. The summed E-state index contributed by atoms with van der Waals surface area (Å²) >= 11 is 0. The summed E-state index contributed by atoms with van der Waals surface area (Å²) in [4.78, 5) is 12.1. The first-order chi connectivity index (χ1) is 12.8. The molecule has 0 atom stereocenters. The van der Waals surface area contributed by atoms with Crippen LogP contribution in [0.2, 0.25) is 0 Å². The predicted octanol–water partition coefficient (Wildman–Crippen LogP) is 2.01. The Morgan fingerprint density at radius 3 is 2.22 bits per heavy atom. The van der Waals surface area contributed by atoms with E-state index >= 15 is 0 Å². The standard InChI is InChI=1S/C18H20N2O6S/c1-24-15-11-17(26-3)16(25-2)9-12(15)7-8-18(21)20-13-5-4-6-14(10-13)27(19,22)23/h4-11H,1-3H3,(H,20,21)(H2,19,22,23)/b8-7+. The third-order valence-corrected chi connectivity index (χ3v) is 4.49. The highest BCUT2D eigenvalue weighted by molar-refractivity contribution is 7.89. The summed E-state index contributed by atoms with van der Waals surface area (Å²) in [5.41, 5.74) is 0.902. The minimum absolute atomic E-state index is 0.0918. The minimum atomic E-state index is -3.85. The Hall–Kier alpha value is -3.04. The Labute approximate surface area is 157 Å². The molecule has 3 N–H and O–H groups in total. The third-order valence-electron chi connectivity index (χ3n) is 3.58. The highest BCUT2D eigenvalue weighted by atomic mass is 32.2. The maximum absolute atomic E-state index is 12.1. The fourth-order valence-electron chi connectivity index (χ4n) is 2.28. The van der Waals surface area contributed by atoms with Crippen LogP contribution >= 0.6 is 0 Å². The first kappa shape index (κ1) is 20.3. The topological polar surface area (TPSA) is 117 Å². The summed E-state index contributed by atoms with van der Waals surface area (Å²) < 4.78 is 38.5. The number of amides is 1. The third kappa shape index (κ3) is 5.22. The number of benzene rings is 2. The summed E-state index contributed by atoms with van der Waals surface area (Å²) in [7, 11) is 0.659. The normalized spacial score (nSPS) is 11.3. The fraction of sp³-hybridized carbons (Fsp3) is 0.167. The van der Waals surface area contributed by atoms with Crippen LogP contribution in [-0.4, -0.2) is 35.7 Å². The molecule has 0 aliphatic heterocycles. The Balaban J connectivity index is 2.22. The van der Waals surface area contributed by atoms with Crippen LogP contribution < -0.4 is 24.7 Å². The molecular weight excluding hydrogens is 372 g/mol. The maximum atomic E-state index is 12.1. The Bertz CT molecular complexity index is 970. The monoisotopic (exact) mass is 392 g/mol. The summed E-state index contributed by atoms with van der Waals surface area (Å²) in [5.74, 6) is 1.02. The van der Waals surface area contributed by atoms with Gasteiger partial charge in [0.2, 0.25) is 15.9 Å².